The monoisotopic (exact) mass is 508 g/mol. The van der Waals surface area contributed by atoms with E-state index in [4.69, 9.17) is 9.47 Å². The lowest BCUT2D eigenvalue weighted by Gasteiger charge is -2.18. The number of hydrogen-bond acceptors (Lipinski definition) is 6. The number of fused-ring (bicyclic) bond motifs is 2. The average Bonchev–Trinajstić information content (AvgIpc) is 3.40. The molecule has 0 unspecified atom stereocenters. The largest absolute Gasteiger partial charge is 0.462 e. The van der Waals surface area contributed by atoms with Crippen molar-refractivity contribution in [3.63, 3.8) is 0 Å². The Morgan fingerprint density at radius 3 is 2.76 bits per heavy atom. The van der Waals surface area contributed by atoms with Gasteiger partial charge in [0.05, 0.1) is 24.6 Å². The van der Waals surface area contributed by atoms with Crippen LogP contribution in [-0.2, 0) is 16.0 Å². The topological polar surface area (TPSA) is 104 Å². The number of halogens is 2. The Morgan fingerprint density at radius 1 is 1.19 bits per heavy atom. The van der Waals surface area contributed by atoms with Gasteiger partial charge in [0.25, 0.3) is 11.5 Å². The number of hydrogen-bond donors (Lipinski definition) is 0. The third-order valence-corrected chi connectivity index (χ3v) is 6.07. The molecule has 9 nitrogen and oxygen atoms in total. The maximum absolute atomic E-state index is 13.8. The van der Waals surface area contributed by atoms with Crippen LogP contribution in [0.1, 0.15) is 40.5 Å². The lowest BCUT2D eigenvalue weighted by atomic mass is 10.1. The normalized spacial score (nSPS) is 16.0. The number of rotatable bonds is 5. The van der Waals surface area contributed by atoms with E-state index >= 15 is 0 Å². The first-order valence-electron chi connectivity index (χ1n) is 11.7. The van der Waals surface area contributed by atoms with Crippen molar-refractivity contribution in [3.8, 4) is 0 Å². The van der Waals surface area contributed by atoms with E-state index < -0.39 is 29.1 Å². The molecule has 37 heavy (non-hydrogen) atoms. The van der Waals surface area contributed by atoms with E-state index in [9.17, 15) is 23.2 Å². The standard InChI is InChI=1S/C26H22F2N4O5/c1-2-36-26(35)18-13-17-22(29-21-7-3-4-10-31(21)25(17)34)32(14-16-6-5-11-37-16)23(18)30-24(33)15-8-9-19(27)20(28)12-15/h3-4,7-10,12-13,16H,2,5-6,11,14H2,1H3/t16-/m1/s1. The van der Waals surface area contributed by atoms with Crippen LogP contribution in [0.5, 0.6) is 0 Å². The number of pyridine rings is 2. The van der Waals surface area contributed by atoms with Crippen LogP contribution in [0.15, 0.2) is 58.4 Å². The van der Waals surface area contributed by atoms with Gasteiger partial charge in [0, 0.05) is 18.4 Å². The predicted molar refractivity (Wildman–Crippen MR) is 128 cm³/mol. The van der Waals surface area contributed by atoms with Gasteiger partial charge >= 0.3 is 5.97 Å². The summed E-state index contributed by atoms with van der Waals surface area (Å²) in [5.41, 5.74) is -0.365. The van der Waals surface area contributed by atoms with Crippen LogP contribution in [0, 0.1) is 11.6 Å². The fourth-order valence-corrected chi connectivity index (χ4v) is 4.31. The molecule has 1 fully saturated rings. The van der Waals surface area contributed by atoms with Gasteiger partial charge in [0.2, 0.25) is 0 Å². The number of amides is 1. The molecular weight excluding hydrogens is 486 g/mol. The minimum Gasteiger partial charge on any atom is -0.462 e. The Balaban J connectivity index is 1.85. The van der Waals surface area contributed by atoms with Crippen molar-refractivity contribution >= 4 is 28.6 Å². The highest BCUT2D eigenvalue weighted by Crippen LogP contribution is 2.18. The smallest absolute Gasteiger partial charge is 0.341 e. The van der Waals surface area contributed by atoms with Crippen molar-refractivity contribution < 1.29 is 27.8 Å². The molecule has 1 aliphatic rings. The Labute approximate surface area is 208 Å². The van der Waals surface area contributed by atoms with Crippen molar-refractivity contribution in [3.05, 3.63) is 87.3 Å². The number of nitrogens with zero attached hydrogens (tertiary/aromatic N) is 4. The Morgan fingerprint density at radius 2 is 2.03 bits per heavy atom. The minimum atomic E-state index is -1.21. The fraction of sp³-hybridized carbons (Fsp3) is 0.269. The lowest BCUT2D eigenvalue weighted by Crippen LogP contribution is -2.35. The van der Waals surface area contributed by atoms with Crippen LogP contribution in [0.4, 0.5) is 8.78 Å². The summed E-state index contributed by atoms with van der Waals surface area (Å²) in [6.45, 7) is 2.34. The maximum atomic E-state index is 13.8. The molecule has 1 atom stereocenters. The first kappa shape index (κ1) is 24.4. The molecule has 1 saturated heterocycles. The zero-order chi connectivity index (χ0) is 26.1. The third kappa shape index (κ3) is 4.65. The molecule has 1 aromatic carbocycles. The molecular formula is C26H22F2N4O5. The molecule has 0 radical (unpaired) electrons. The first-order chi connectivity index (χ1) is 17.9. The van der Waals surface area contributed by atoms with E-state index in [0.717, 1.165) is 24.6 Å². The number of carbonyl (C=O) groups is 2. The van der Waals surface area contributed by atoms with Gasteiger partial charge < -0.3 is 14.0 Å². The summed E-state index contributed by atoms with van der Waals surface area (Å²) >= 11 is 0. The van der Waals surface area contributed by atoms with Crippen LogP contribution in [0.25, 0.3) is 16.7 Å². The molecule has 1 amide bonds. The summed E-state index contributed by atoms with van der Waals surface area (Å²) in [4.78, 5) is 48.2. The molecule has 11 heteroatoms. The molecule has 190 valence electrons. The third-order valence-electron chi connectivity index (χ3n) is 6.07. The second-order valence-electron chi connectivity index (χ2n) is 8.48. The van der Waals surface area contributed by atoms with Gasteiger partial charge in [0.15, 0.2) is 17.1 Å². The average molecular weight is 508 g/mol. The summed E-state index contributed by atoms with van der Waals surface area (Å²) in [6.07, 6.45) is 2.80. The highest BCUT2D eigenvalue weighted by atomic mass is 19.2. The summed E-state index contributed by atoms with van der Waals surface area (Å²) < 4.78 is 41.1. The molecule has 1 aliphatic heterocycles. The van der Waals surface area contributed by atoms with Gasteiger partial charge in [-0.3, -0.25) is 14.0 Å². The van der Waals surface area contributed by atoms with Crippen LogP contribution in [-0.4, -0.2) is 45.1 Å². The van der Waals surface area contributed by atoms with Crippen molar-refractivity contribution in [1.82, 2.24) is 14.0 Å². The first-order valence-corrected chi connectivity index (χ1v) is 11.7. The quantitative estimate of drug-likeness (QED) is 0.303. The molecule has 0 N–H and O–H groups in total. The number of ether oxygens (including phenoxy) is 2. The summed E-state index contributed by atoms with van der Waals surface area (Å²) in [7, 11) is 0. The maximum Gasteiger partial charge on any atom is 0.341 e. The van der Waals surface area contributed by atoms with Crippen molar-refractivity contribution in [2.75, 3.05) is 13.2 Å². The highest BCUT2D eigenvalue weighted by Gasteiger charge is 2.24. The SMILES string of the molecule is CCOC(=O)c1cc2c(=O)n3ccccc3nc2n(C[C@H]2CCCO2)c1=NC(=O)c1ccc(F)c(F)c1. The van der Waals surface area contributed by atoms with Gasteiger partial charge in [0.1, 0.15) is 16.9 Å². The molecule has 3 aromatic heterocycles. The number of carbonyl (C=O) groups excluding carboxylic acids is 2. The van der Waals surface area contributed by atoms with Gasteiger partial charge in [-0.1, -0.05) is 6.07 Å². The zero-order valence-corrected chi connectivity index (χ0v) is 19.8. The van der Waals surface area contributed by atoms with Crippen molar-refractivity contribution in [2.45, 2.75) is 32.4 Å². The molecule has 0 bridgehead atoms. The second kappa shape index (κ2) is 10.0. The van der Waals surface area contributed by atoms with E-state index in [1.165, 1.54) is 15.0 Å². The Bertz CT molecular complexity index is 1670. The molecule has 5 rings (SSSR count). The van der Waals surface area contributed by atoms with E-state index in [0.29, 0.717) is 18.7 Å². The molecule has 0 spiro atoms. The summed E-state index contributed by atoms with van der Waals surface area (Å²) in [5.74, 6) is -4.04. The van der Waals surface area contributed by atoms with Crippen LogP contribution in [0.2, 0.25) is 0 Å². The van der Waals surface area contributed by atoms with E-state index in [1.807, 2.05) is 0 Å². The van der Waals surface area contributed by atoms with E-state index in [1.54, 1.807) is 31.3 Å². The van der Waals surface area contributed by atoms with Crippen LogP contribution in [0.3, 0.4) is 0 Å². The van der Waals surface area contributed by atoms with Crippen molar-refractivity contribution in [2.24, 2.45) is 4.99 Å². The zero-order valence-electron chi connectivity index (χ0n) is 19.8. The second-order valence-corrected chi connectivity index (χ2v) is 8.48. The molecule has 4 heterocycles. The van der Waals surface area contributed by atoms with Gasteiger partial charge in [-0.2, -0.15) is 4.99 Å². The lowest BCUT2D eigenvalue weighted by molar-refractivity contribution is 0.0521. The minimum absolute atomic E-state index is 0.0358. The molecule has 0 aliphatic carbocycles. The number of esters is 1. The summed E-state index contributed by atoms with van der Waals surface area (Å²) in [5, 5.41) is 0.115. The Kier molecular flexibility index (Phi) is 6.62. The van der Waals surface area contributed by atoms with E-state index in [-0.39, 0.29) is 46.9 Å². The Hall–Kier alpha value is -4.25. The van der Waals surface area contributed by atoms with Crippen LogP contribution < -0.4 is 11.0 Å². The van der Waals surface area contributed by atoms with Gasteiger partial charge in [-0.05, 0) is 56.2 Å². The van der Waals surface area contributed by atoms with E-state index in [2.05, 4.69) is 9.98 Å². The highest BCUT2D eigenvalue weighted by molar-refractivity contribution is 5.97. The van der Waals surface area contributed by atoms with Gasteiger partial charge in [-0.15, -0.1) is 0 Å². The molecule has 4 aromatic rings. The predicted octanol–water partition coefficient (Wildman–Crippen LogP) is 3.02. The van der Waals surface area contributed by atoms with Crippen LogP contribution >= 0.6 is 0 Å². The van der Waals surface area contributed by atoms with Gasteiger partial charge in [-0.25, -0.2) is 18.6 Å². The number of benzene rings is 1. The fourth-order valence-electron chi connectivity index (χ4n) is 4.31. The van der Waals surface area contributed by atoms with Crippen molar-refractivity contribution in [1.29, 1.82) is 0 Å². The molecule has 0 saturated carbocycles. The number of aromatic nitrogens is 3. The summed E-state index contributed by atoms with van der Waals surface area (Å²) in [6, 6.07) is 9.00.